The lowest BCUT2D eigenvalue weighted by Crippen LogP contribution is -2.39. The van der Waals surface area contributed by atoms with Gasteiger partial charge in [0.05, 0.1) is 5.69 Å². The molecule has 1 heterocycles. The van der Waals surface area contributed by atoms with Crippen molar-refractivity contribution in [3.05, 3.63) is 78.4 Å². The van der Waals surface area contributed by atoms with Crippen molar-refractivity contribution in [3.8, 4) is 0 Å². The van der Waals surface area contributed by atoms with E-state index in [-0.39, 0.29) is 17.9 Å². The lowest BCUT2D eigenvalue weighted by Gasteiger charge is -2.23. The molecular formula is C22H23N3O2S. The van der Waals surface area contributed by atoms with Crippen LogP contribution >= 0.6 is 11.8 Å². The smallest absolute Gasteiger partial charge is 0.260 e. The Kier molecular flexibility index (Phi) is 6.66. The van der Waals surface area contributed by atoms with E-state index in [0.29, 0.717) is 12.1 Å². The highest BCUT2D eigenvalue weighted by molar-refractivity contribution is 8.14. The third-order valence-corrected chi connectivity index (χ3v) is 5.60. The Morgan fingerprint density at radius 2 is 1.93 bits per heavy atom. The van der Waals surface area contributed by atoms with E-state index in [0.717, 1.165) is 28.6 Å². The van der Waals surface area contributed by atoms with Crippen LogP contribution in [0, 0.1) is 0 Å². The van der Waals surface area contributed by atoms with Gasteiger partial charge in [0.15, 0.2) is 5.17 Å². The molecule has 6 heteroatoms. The van der Waals surface area contributed by atoms with E-state index in [1.165, 1.54) is 6.08 Å². The molecule has 28 heavy (non-hydrogen) atoms. The molecule has 1 aliphatic heterocycles. The van der Waals surface area contributed by atoms with Crippen LogP contribution in [0.2, 0.25) is 0 Å². The van der Waals surface area contributed by atoms with Gasteiger partial charge in [-0.1, -0.05) is 55.6 Å². The molecule has 144 valence electrons. The van der Waals surface area contributed by atoms with E-state index >= 15 is 0 Å². The topological polar surface area (TPSA) is 61.8 Å². The van der Waals surface area contributed by atoms with Gasteiger partial charge in [-0.25, -0.2) is 4.99 Å². The van der Waals surface area contributed by atoms with Gasteiger partial charge in [0.1, 0.15) is 0 Å². The van der Waals surface area contributed by atoms with Crippen LogP contribution < -0.4 is 5.32 Å². The molecule has 0 aliphatic carbocycles. The number of carbonyl (C=O) groups is 2. The summed E-state index contributed by atoms with van der Waals surface area (Å²) in [6, 6.07) is 17.1. The molecule has 1 fully saturated rings. The summed E-state index contributed by atoms with van der Waals surface area (Å²) >= 11 is 1.62. The lowest BCUT2D eigenvalue weighted by molar-refractivity contribution is -0.116. The van der Waals surface area contributed by atoms with Gasteiger partial charge < -0.3 is 5.32 Å². The third-order valence-electron chi connectivity index (χ3n) is 4.50. The minimum absolute atomic E-state index is 0.0480. The van der Waals surface area contributed by atoms with E-state index in [4.69, 9.17) is 0 Å². The molecule has 2 aromatic rings. The molecular weight excluding hydrogens is 370 g/mol. The number of rotatable bonds is 6. The minimum atomic E-state index is -0.221. The molecule has 1 unspecified atom stereocenters. The van der Waals surface area contributed by atoms with E-state index in [1.807, 2.05) is 47.4 Å². The van der Waals surface area contributed by atoms with Crippen molar-refractivity contribution in [1.29, 1.82) is 0 Å². The summed E-state index contributed by atoms with van der Waals surface area (Å²) in [5, 5.41) is 3.47. The Hall–Kier alpha value is -2.86. The van der Waals surface area contributed by atoms with Crippen molar-refractivity contribution in [2.24, 2.45) is 4.99 Å². The number of hydrogen-bond donors (Lipinski definition) is 1. The van der Waals surface area contributed by atoms with Gasteiger partial charge in [-0.3, -0.25) is 14.5 Å². The molecule has 1 atom stereocenters. The number of hydrogen-bond acceptors (Lipinski definition) is 4. The van der Waals surface area contributed by atoms with Gasteiger partial charge >= 0.3 is 0 Å². The maximum Gasteiger partial charge on any atom is 0.260 e. The van der Waals surface area contributed by atoms with E-state index in [2.05, 4.69) is 23.8 Å². The minimum Gasteiger partial charge on any atom is -0.348 e. The molecule has 1 N–H and O–H groups in total. The number of amidine groups is 1. The first-order chi connectivity index (χ1) is 13.6. The first kappa shape index (κ1) is 19.9. The van der Waals surface area contributed by atoms with Crippen LogP contribution in [0.5, 0.6) is 0 Å². The Bertz CT molecular complexity index is 878. The quantitative estimate of drug-likeness (QED) is 0.750. The zero-order valence-electron chi connectivity index (χ0n) is 15.8. The predicted octanol–water partition coefficient (Wildman–Crippen LogP) is 4.14. The average molecular weight is 394 g/mol. The van der Waals surface area contributed by atoms with Crippen LogP contribution in [-0.4, -0.2) is 33.7 Å². The van der Waals surface area contributed by atoms with Crippen molar-refractivity contribution in [3.63, 3.8) is 0 Å². The van der Waals surface area contributed by atoms with Crippen molar-refractivity contribution >= 4 is 34.4 Å². The Morgan fingerprint density at radius 1 is 1.21 bits per heavy atom. The molecule has 0 radical (unpaired) electrons. The summed E-state index contributed by atoms with van der Waals surface area (Å²) < 4.78 is 0. The third kappa shape index (κ3) is 4.70. The highest BCUT2D eigenvalue weighted by Gasteiger charge is 2.34. The SMILES string of the molecule is C=CC(=O)NCc1ccc(C(=O)N2C(=Nc3ccccc3)SCC2CC)cc1. The number of carbonyl (C=O) groups excluding carboxylic acids is 2. The van der Waals surface area contributed by atoms with E-state index < -0.39 is 0 Å². The van der Waals surface area contributed by atoms with Crippen LogP contribution in [0.1, 0.15) is 29.3 Å². The van der Waals surface area contributed by atoms with Gasteiger partial charge in [0, 0.05) is 23.9 Å². The number of aliphatic imine (C=N–C) groups is 1. The normalized spacial score (nSPS) is 17.5. The monoisotopic (exact) mass is 393 g/mol. The molecule has 0 bridgehead atoms. The molecule has 0 saturated carbocycles. The van der Waals surface area contributed by atoms with Gasteiger partial charge in [-0.2, -0.15) is 0 Å². The molecule has 2 aromatic carbocycles. The van der Waals surface area contributed by atoms with Crippen molar-refractivity contribution in [1.82, 2.24) is 10.2 Å². The zero-order valence-corrected chi connectivity index (χ0v) is 16.6. The Labute approximate surface area is 169 Å². The van der Waals surface area contributed by atoms with Gasteiger partial charge in [0.2, 0.25) is 5.91 Å². The second-order valence-electron chi connectivity index (χ2n) is 6.40. The van der Waals surface area contributed by atoms with Gasteiger partial charge in [0.25, 0.3) is 5.91 Å². The predicted molar refractivity (Wildman–Crippen MR) is 115 cm³/mol. The summed E-state index contributed by atoms with van der Waals surface area (Å²) in [6.45, 7) is 5.92. The number of amides is 2. The van der Waals surface area contributed by atoms with Crippen LogP contribution in [0.3, 0.4) is 0 Å². The highest BCUT2D eigenvalue weighted by Crippen LogP contribution is 2.30. The number of thioether (sulfide) groups is 1. The summed E-state index contributed by atoms with van der Waals surface area (Å²) in [7, 11) is 0. The summed E-state index contributed by atoms with van der Waals surface area (Å²) in [6.07, 6.45) is 2.11. The summed E-state index contributed by atoms with van der Waals surface area (Å²) in [5.41, 5.74) is 2.38. The van der Waals surface area contributed by atoms with E-state index in [9.17, 15) is 9.59 Å². The van der Waals surface area contributed by atoms with Crippen LogP contribution in [-0.2, 0) is 11.3 Å². The Morgan fingerprint density at radius 3 is 2.57 bits per heavy atom. The van der Waals surface area contributed by atoms with Crippen LogP contribution in [0.15, 0.2) is 72.2 Å². The fraction of sp³-hybridized carbons (Fsp3) is 0.227. The van der Waals surface area contributed by atoms with E-state index in [1.54, 1.807) is 23.9 Å². The standard InChI is InChI=1S/C22H23N3O2S/c1-3-19-15-28-22(24-18-8-6-5-7-9-18)25(19)21(27)17-12-10-16(11-13-17)14-23-20(26)4-2/h4-13,19H,2-3,14-15H2,1H3,(H,23,26). The maximum atomic E-state index is 13.2. The maximum absolute atomic E-state index is 13.2. The fourth-order valence-electron chi connectivity index (χ4n) is 2.89. The number of nitrogens with one attached hydrogen (secondary N) is 1. The second kappa shape index (κ2) is 9.37. The first-order valence-corrected chi connectivity index (χ1v) is 10.2. The average Bonchev–Trinajstić information content (AvgIpc) is 3.15. The summed E-state index contributed by atoms with van der Waals surface area (Å²) in [4.78, 5) is 31.0. The molecule has 2 amide bonds. The van der Waals surface area contributed by atoms with Crippen molar-refractivity contribution < 1.29 is 9.59 Å². The molecule has 0 spiro atoms. The molecule has 1 aliphatic rings. The molecule has 5 nitrogen and oxygen atoms in total. The fourth-order valence-corrected chi connectivity index (χ4v) is 4.16. The molecule has 0 aromatic heterocycles. The summed E-state index contributed by atoms with van der Waals surface area (Å²) in [5.74, 6) is 0.578. The van der Waals surface area contributed by atoms with Gasteiger partial charge in [-0.15, -0.1) is 0 Å². The number of para-hydroxylation sites is 1. The Balaban J connectivity index is 1.79. The van der Waals surface area contributed by atoms with Crippen LogP contribution in [0.4, 0.5) is 5.69 Å². The lowest BCUT2D eigenvalue weighted by atomic mass is 10.1. The van der Waals surface area contributed by atoms with Gasteiger partial charge in [-0.05, 0) is 42.3 Å². The second-order valence-corrected chi connectivity index (χ2v) is 7.38. The number of nitrogens with zero attached hydrogens (tertiary/aromatic N) is 2. The highest BCUT2D eigenvalue weighted by atomic mass is 32.2. The van der Waals surface area contributed by atoms with Crippen molar-refractivity contribution in [2.45, 2.75) is 25.9 Å². The zero-order chi connectivity index (χ0) is 19.9. The largest absolute Gasteiger partial charge is 0.348 e. The first-order valence-electron chi connectivity index (χ1n) is 9.21. The molecule has 1 saturated heterocycles. The van der Waals surface area contributed by atoms with Crippen molar-refractivity contribution in [2.75, 3.05) is 5.75 Å². The number of benzene rings is 2. The molecule has 3 rings (SSSR count). The van der Waals surface area contributed by atoms with Crippen LogP contribution in [0.25, 0.3) is 0 Å².